The molecule has 0 spiro atoms. The van der Waals surface area contributed by atoms with Gasteiger partial charge in [-0.05, 0) is 18.4 Å². The third-order valence-corrected chi connectivity index (χ3v) is 2.47. The molecule has 0 amide bonds. The van der Waals surface area contributed by atoms with E-state index in [0.29, 0.717) is 15.9 Å². The molecule has 1 aromatic heterocycles. The third-order valence-electron chi connectivity index (χ3n) is 1.77. The van der Waals surface area contributed by atoms with Gasteiger partial charge in [-0.25, -0.2) is 14.4 Å². The second kappa shape index (κ2) is 3.30. The van der Waals surface area contributed by atoms with Gasteiger partial charge >= 0.3 is 0 Å². The summed E-state index contributed by atoms with van der Waals surface area (Å²) >= 11 is 1.42. The highest BCUT2D eigenvalue weighted by Gasteiger charge is 2.06. The topological polar surface area (TPSA) is 25.8 Å². The standard InChI is InChI=1S/C9H7FN2S/c1-13-9-8-6(10)3-2-4-7(8)11-5-12-9/h2-5H,1H3. The van der Waals surface area contributed by atoms with Crippen LogP contribution in [-0.2, 0) is 0 Å². The summed E-state index contributed by atoms with van der Waals surface area (Å²) in [5.74, 6) is -0.262. The van der Waals surface area contributed by atoms with Gasteiger partial charge in [-0.1, -0.05) is 6.07 Å². The van der Waals surface area contributed by atoms with Gasteiger partial charge in [-0.3, -0.25) is 0 Å². The lowest BCUT2D eigenvalue weighted by Crippen LogP contribution is -1.88. The first kappa shape index (κ1) is 8.44. The highest BCUT2D eigenvalue weighted by atomic mass is 32.2. The van der Waals surface area contributed by atoms with Crippen LogP contribution in [-0.4, -0.2) is 16.2 Å². The highest BCUT2D eigenvalue weighted by molar-refractivity contribution is 7.98. The number of halogens is 1. The second-order valence-electron chi connectivity index (χ2n) is 2.52. The maximum absolute atomic E-state index is 13.3. The van der Waals surface area contributed by atoms with Gasteiger partial charge < -0.3 is 0 Å². The van der Waals surface area contributed by atoms with Crippen LogP contribution < -0.4 is 0 Å². The van der Waals surface area contributed by atoms with Gasteiger partial charge in [0.15, 0.2) is 0 Å². The lowest BCUT2D eigenvalue weighted by Gasteiger charge is -2.01. The minimum Gasteiger partial charge on any atom is -0.236 e. The number of benzene rings is 1. The summed E-state index contributed by atoms with van der Waals surface area (Å²) in [5, 5.41) is 1.20. The first-order valence-corrected chi connectivity index (χ1v) is 4.98. The maximum Gasteiger partial charge on any atom is 0.135 e. The second-order valence-corrected chi connectivity index (χ2v) is 3.31. The van der Waals surface area contributed by atoms with Crippen LogP contribution in [0.15, 0.2) is 29.6 Å². The smallest absolute Gasteiger partial charge is 0.135 e. The molecule has 66 valence electrons. The summed E-state index contributed by atoms with van der Waals surface area (Å²) in [6.07, 6.45) is 3.32. The first-order valence-electron chi connectivity index (χ1n) is 3.76. The van der Waals surface area contributed by atoms with Crippen molar-refractivity contribution in [3.63, 3.8) is 0 Å². The first-order chi connectivity index (χ1) is 6.33. The van der Waals surface area contributed by atoms with Crippen LogP contribution in [0, 0.1) is 5.82 Å². The predicted molar refractivity (Wildman–Crippen MR) is 51.3 cm³/mol. The lowest BCUT2D eigenvalue weighted by molar-refractivity contribution is 0.636. The van der Waals surface area contributed by atoms with Crippen LogP contribution in [0.1, 0.15) is 0 Å². The Balaban J connectivity index is 2.87. The molecule has 1 aromatic carbocycles. The van der Waals surface area contributed by atoms with Crippen LogP contribution in [0.2, 0.25) is 0 Å². The normalized spacial score (nSPS) is 10.6. The molecule has 0 atom stereocenters. The molecular formula is C9H7FN2S. The number of hydrogen-bond acceptors (Lipinski definition) is 3. The minimum absolute atomic E-state index is 0.262. The Kier molecular flexibility index (Phi) is 2.14. The molecule has 1 heterocycles. The fraction of sp³-hybridized carbons (Fsp3) is 0.111. The minimum atomic E-state index is -0.262. The van der Waals surface area contributed by atoms with Crippen molar-refractivity contribution in [3.8, 4) is 0 Å². The van der Waals surface area contributed by atoms with Gasteiger partial charge in [0.25, 0.3) is 0 Å². The fourth-order valence-corrected chi connectivity index (χ4v) is 1.75. The van der Waals surface area contributed by atoms with E-state index >= 15 is 0 Å². The van der Waals surface area contributed by atoms with Crippen molar-refractivity contribution >= 4 is 22.7 Å². The van der Waals surface area contributed by atoms with Crippen LogP contribution >= 0.6 is 11.8 Å². The van der Waals surface area contributed by atoms with E-state index in [1.807, 2.05) is 6.26 Å². The summed E-state index contributed by atoms with van der Waals surface area (Å²) in [6, 6.07) is 4.85. The Bertz CT molecular complexity index is 439. The summed E-state index contributed by atoms with van der Waals surface area (Å²) < 4.78 is 13.3. The number of fused-ring (bicyclic) bond motifs is 1. The molecule has 0 aliphatic rings. The van der Waals surface area contributed by atoms with E-state index < -0.39 is 0 Å². The van der Waals surface area contributed by atoms with Gasteiger partial charge in [0.1, 0.15) is 17.2 Å². The SMILES string of the molecule is CSc1ncnc2cccc(F)c12. The Morgan fingerprint density at radius 3 is 2.92 bits per heavy atom. The number of nitrogens with zero attached hydrogens (tertiary/aromatic N) is 2. The van der Waals surface area contributed by atoms with Crippen molar-refractivity contribution in [2.75, 3.05) is 6.26 Å². The Morgan fingerprint density at radius 1 is 1.31 bits per heavy atom. The molecule has 0 bridgehead atoms. The molecule has 2 nitrogen and oxygen atoms in total. The quantitative estimate of drug-likeness (QED) is 0.515. The molecular weight excluding hydrogens is 187 g/mol. The fourth-order valence-electron chi connectivity index (χ4n) is 1.19. The molecule has 13 heavy (non-hydrogen) atoms. The average molecular weight is 194 g/mol. The van der Waals surface area contributed by atoms with E-state index in [2.05, 4.69) is 9.97 Å². The van der Waals surface area contributed by atoms with Crippen LogP contribution in [0.3, 0.4) is 0 Å². The van der Waals surface area contributed by atoms with E-state index in [-0.39, 0.29) is 5.82 Å². The van der Waals surface area contributed by atoms with Crippen molar-refractivity contribution in [1.82, 2.24) is 9.97 Å². The van der Waals surface area contributed by atoms with E-state index in [9.17, 15) is 4.39 Å². The van der Waals surface area contributed by atoms with Crippen molar-refractivity contribution in [2.45, 2.75) is 5.03 Å². The number of aromatic nitrogens is 2. The molecule has 0 aliphatic carbocycles. The molecule has 0 radical (unpaired) electrons. The summed E-state index contributed by atoms with van der Waals surface area (Å²) in [5.41, 5.74) is 0.652. The monoisotopic (exact) mass is 194 g/mol. The van der Waals surface area contributed by atoms with Crippen molar-refractivity contribution in [1.29, 1.82) is 0 Å². The number of thioether (sulfide) groups is 1. The average Bonchev–Trinajstić information content (AvgIpc) is 2.17. The molecule has 0 saturated carbocycles. The van der Waals surface area contributed by atoms with Gasteiger partial charge in [0.05, 0.1) is 10.9 Å². The molecule has 0 unspecified atom stereocenters. The van der Waals surface area contributed by atoms with Gasteiger partial charge in [-0.15, -0.1) is 11.8 Å². The van der Waals surface area contributed by atoms with Crippen LogP contribution in [0.25, 0.3) is 10.9 Å². The zero-order valence-corrected chi connectivity index (χ0v) is 7.81. The number of hydrogen-bond donors (Lipinski definition) is 0. The van der Waals surface area contributed by atoms with Gasteiger partial charge in [0, 0.05) is 0 Å². The summed E-state index contributed by atoms with van der Waals surface area (Å²) in [7, 11) is 0. The van der Waals surface area contributed by atoms with Crippen LogP contribution in [0.4, 0.5) is 4.39 Å². The van der Waals surface area contributed by atoms with Gasteiger partial charge in [-0.2, -0.15) is 0 Å². The summed E-state index contributed by atoms with van der Waals surface area (Å²) in [4.78, 5) is 7.98. The molecule has 0 fully saturated rings. The maximum atomic E-state index is 13.3. The molecule has 2 aromatic rings. The van der Waals surface area contributed by atoms with Gasteiger partial charge in [0.2, 0.25) is 0 Å². The van der Waals surface area contributed by atoms with Crippen molar-refractivity contribution in [3.05, 3.63) is 30.3 Å². The number of rotatable bonds is 1. The Labute approximate surface area is 79.2 Å². The third kappa shape index (κ3) is 1.37. The highest BCUT2D eigenvalue weighted by Crippen LogP contribution is 2.24. The van der Waals surface area contributed by atoms with E-state index in [1.54, 1.807) is 12.1 Å². The predicted octanol–water partition coefficient (Wildman–Crippen LogP) is 2.49. The molecule has 2 rings (SSSR count). The van der Waals surface area contributed by atoms with E-state index in [1.165, 1.54) is 24.2 Å². The Morgan fingerprint density at radius 2 is 2.15 bits per heavy atom. The molecule has 0 N–H and O–H groups in total. The van der Waals surface area contributed by atoms with E-state index in [0.717, 1.165) is 0 Å². The van der Waals surface area contributed by atoms with Crippen molar-refractivity contribution in [2.24, 2.45) is 0 Å². The zero-order chi connectivity index (χ0) is 9.26. The summed E-state index contributed by atoms with van der Waals surface area (Å²) in [6.45, 7) is 0. The molecule has 4 heteroatoms. The van der Waals surface area contributed by atoms with Crippen LogP contribution in [0.5, 0.6) is 0 Å². The van der Waals surface area contributed by atoms with E-state index in [4.69, 9.17) is 0 Å². The largest absolute Gasteiger partial charge is 0.236 e. The lowest BCUT2D eigenvalue weighted by atomic mass is 10.2. The van der Waals surface area contributed by atoms with Crippen molar-refractivity contribution < 1.29 is 4.39 Å². The zero-order valence-electron chi connectivity index (χ0n) is 6.99. The molecule has 0 aliphatic heterocycles. The molecule has 0 saturated heterocycles. The Hall–Kier alpha value is -1.16.